The molecule has 0 saturated carbocycles. The molecule has 0 fully saturated rings. The fourth-order valence-electron chi connectivity index (χ4n) is 3.34. The first-order valence-electron chi connectivity index (χ1n) is 9.39. The number of carbonyl (C=O) groups is 1. The zero-order chi connectivity index (χ0) is 19.6. The maximum Gasteiger partial charge on any atom is 0.255 e. The van der Waals surface area contributed by atoms with Crippen molar-refractivity contribution in [3.8, 4) is 11.5 Å². The standard InChI is InChI=1S/C24H23NO3/c1-24(2)15-19-7-6-10-21(22(19)28-24)27-16-17-11-13-18(14-12-17)23(26)25-20-8-4-3-5-9-20/h3-14H,15-16H2,1-2H3,(H,25,26). The van der Waals surface area contributed by atoms with Crippen LogP contribution >= 0.6 is 0 Å². The number of rotatable bonds is 5. The summed E-state index contributed by atoms with van der Waals surface area (Å²) >= 11 is 0. The summed E-state index contributed by atoms with van der Waals surface area (Å²) in [6.07, 6.45) is 0.880. The fraction of sp³-hybridized carbons (Fsp3) is 0.208. The Kier molecular flexibility index (Phi) is 4.78. The van der Waals surface area contributed by atoms with Crippen LogP contribution in [0.1, 0.15) is 35.3 Å². The molecule has 0 unspecified atom stereocenters. The lowest BCUT2D eigenvalue weighted by Crippen LogP contribution is -2.24. The van der Waals surface area contributed by atoms with Crippen LogP contribution in [0.25, 0.3) is 0 Å². The van der Waals surface area contributed by atoms with Crippen LogP contribution in [-0.4, -0.2) is 11.5 Å². The molecule has 0 bridgehead atoms. The average Bonchev–Trinajstić information content (AvgIpc) is 3.02. The first-order valence-corrected chi connectivity index (χ1v) is 9.39. The highest BCUT2D eigenvalue weighted by molar-refractivity contribution is 6.04. The maximum atomic E-state index is 12.3. The Balaban J connectivity index is 1.40. The van der Waals surface area contributed by atoms with E-state index in [1.807, 2.05) is 66.7 Å². The van der Waals surface area contributed by atoms with Crippen molar-refractivity contribution in [1.82, 2.24) is 0 Å². The Morgan fingerprint density at radius 1 is 1.00 bits per heavy atom. The number of nitrogens with one attached hydrogen (secondary N) is 1. The summed E-state index contributed by atoms with van der Waals surface area (Å²) < 4.78 is 12.0. The van der Waals surface area contributed by atoms with Gasteiger partial charge in [0, 0.05) is 23.2 Å². The molecule has 0 aliphatic carbocycles. The topological polar surface area (TPSA) is 47.6 Å². The Labute approximate surface area is 165 Å². The third-order valence-electron chi connectivity index (χ3n) is 4.70. The highest BCUT2D eigenvalue weighted by atomic mass is 16.5. The van der Waals surface area contributed by atoms with E-state index in [2.05, 4.69) is 25.2 Å². The van der Waals surface area contributed by atoms with Crippen LogP contribution in [-0.2, 0) is 13.0 Å². The molecule has 1 aliphatic heterocycles. The second kappa shape index (κ2) is 7.39. The van der Waals surface area contributed by atoms with Gasteiger partial charge in [-0.25, -0.2) is 0 Å². The monoisotopic (exact) mass is 373 g/mol. The van der Waals surface area contributed by atoms with Crippen molar-refractivity contribution in [2.24, 2.45) is 0 Å². The molecule has 0 saturated heterocycles. The molecule has 4 nitrogen and oxygen atoms in total. The predicted molar refractivity (Wildman–Crippen MR) is 110 cm³/mol. The zero-order valence-electron chi connectivity index (χ0n) is 16.1. The molecule has 1 amide bonds. The number of anilines is 1. The van der Waals surface area contributed by atoms with Crippen LogP contribution in [0.4, 0.5) is 5.69 Å². The van der Waals surface area contributed by atoms with Crippen LogP contribution in [0.5, 0.6) is 11.5 Å². The zero-order valence-corrected chi connectivity index (χ0v) is 16.1. The number of fused-ring (bicyclic) bond motifs is 1. The van der Waals surface area contributed by atoms with Crippen molar-refractivity contribution in [2.75, 3.05) is 5.32 Å². The van der Waals surface area contributed by atoms with Crippen LogP contribution < -0.4 is 14.8 Å². The molecular formula is C24H23NO3. The maximum absolute atomic E-state index is 12.3. The number of hydrogen-bond donors (Lipinski definition) is 1. The van der Waals surface area contributed by atoms with E-state index >= 15 is 0 Å². The second-order valence-electron chi connectivity index (χ2n) is 7.59. The lowest BCUT2D eigenvalue weighted by atomic mass is 10.0. The van der Waals surface area contributed by atoms with Crippen LogP contribution in [0.3, 0.4) is 0 Å². The third-order valence-corrected chi connectivity index (χ3v) is 4.70. The molecule has 28 heavy (non-hydrogen) atoms. The van der Waals surface area contributed by atoms with E-state index in [0.717, 1.165) is 29.2 Å². The van der Waals surface area contributed by atoms with Gasteiger partial charge in [0.2, 0.25) is 0 Å². The lowest BCUT2D eigenvalue weighted by Gasteiger charge is -2.18. The van der Waals surface area contributed by atoms with Gasteiger partial charge in [-0.05, 0) is 49.7 Å². The van der Waals surface area contributed by atoms with Crippen molar-refractivity contribution < 1.29 is 14.3 Å². The molecule has 0 spiro atoms. The highest BCUT2D eigenvalue weighted by Gasteiger charge is 2.32. The minimum Gasteiger partial charge on any atom is -0.485 e. The molecule has 4 heteroatoms. The number of benzene rings is 3. The highest BCUT2D eigenvalue weighted by Crippen LogP contribution is 2.41. The van der Waals surface area contributed by atoms with Gasteiger partial charge in [-0.15, -0.1) is 0 Å². The smallest absolute Gasteiger partial charge is 0.255 e. The minimum atomic E-state index is -0.199. The molecule has 1 heterocycles. The van der Waals surface area contributed by atoms with E-state index in [4.69, 9.17) is 9.47 Å². The predicted octanol–water partition coefficient (Wildman–Crippen LogP) is 5.23. The van der Waals surface area contributed by atoms with Crippen molar-refractivity contribution in [3.63, 3.8) is 0 Å². The molecule has 0 atom stereocenters. The van der Waals surface area contributed by atoms with Gasteiger partial charge in [0.1, 0.15) is 12.2 Å². The molecular weight excluding hydrogens is 350 g/mol. The Hall–Kier alpha value is -3.27. The summed E-state index contributed by atoms with van der Waals surface area (Å²) in [6, 6.07) is 22.9. The van der Waals surface area contributed by atoms with Gasteiger partial charge in [0.05, 0.1) is 0 Å². The van der Waals surface area contributed by atoms with E-state index < -0.39 is 0 Å². The van der Waals surface area contributed by atoms with E-state index in [-0.39, 0.29) is 11.5 Å². The molecule has 142 valence electrons. The van der Waals surface area contributed by atoms with Gasteiger partial charge in [-0.2, -0.15) is 0 Å². The number of ether oxygens (including phenoxy) is 2. The first kappa shape index (κ1) is 18.1. The summed E-state index contributed by atoms with van der Waals surface area (Å²) in [6.45, 7) is 4.58. The fourth-order valence-corrected chi connectivity index (χ4v) is 3.34. The van der Waals surface area contributed by atoms with Gasteiger partial charge in [0.15, 0.2) is 11.5 Å². The largest absolute Gasteiger partial charge is 0.485 e. The lowest BCUT2D eigenvalue weighted by molar-refractivity contribution is 0.102. The molecule has 1 aliphatic rings. The molecule has 4 rings (SSSR count). The minimum absolute atomic E-state index is 0.129. The Morgan fingerprint density at radius 3 is 2.50 bits per heavy atom. The number of hydrogen-bond acceptors (Lipinski definition) is 3. The Morgan fingerprint density at radius 2 is 1.75 bits per heavy atom. The quantitative estimate of drug-likeness (QED) is 0.666. The number of para-hydroxylation sites is 2. The molecule has 0 aromatic heterocycles. The summed E-state index contributed by atoms with van der Waals surface area (Å²) in [7, 11) is 0. The van der Waals surface area contributed by atoms with Crippen molar-refractivity contribution in [1.29, 1.82) is 0 Å². The first-order chi connectivity index (χ1) is 13.5. The van der Waals surface area contributed by atoms with E-state index in [9.17, 15) is 4.79 Å². The van der Waals surface area contributed by atoms with Crippen molar-refractivity contribution >= 4 is 11.6 Å². The van der Waals surface area contributed by atoms with Gasteiger partial charge in [0.25, 0.3) is 5.91 Å². The van der Waals surface area contributed by atoms with Gasteiger partial charge >= 0.3 is 0 Å². The van der Waals surface area contributed by atoms with Gasteiger partial charge < -0.3 is 14.8 Å². The number of amides is 1. The van der Waals surface area contributed by atoms with Gasteiger partial charge in [-0.3, -0.25) is 4.79 Å². The molecule has 3 aromatic carbocycles. The number of carbonyl (C=O) groups excluding carboxylic acids is 1. The van der Waals surface area contributed by atoms with Crippen LogP contribution in [0.2, 0.25) is 0 Å². The molecule has 1 N–H and O–H groups in total. The average molecular weight is 373 g/mol. The van der Waals surface area contributed by atoms with Crippen molar-refractivity contribution in [3.05, 3.63) is 89.5 Å². The SMILES string of the molecule is CC1(C)Cc2cccc(OCc3ccc(C(=O)Nc4ccccc4)cc3)c2O1. The second-order valence-corrected chi connectivity index (χ2v) is 7.59. The van der Waals surface area contributed by atoms with Crippen molar-refractivity contribution in [2.45, 2.75) is 32.5 Å². The van der Waals surface area contributed by atoms with Gasteiger partial charge in [-0.1, -0.05) is 42.5 Å². The molecule has 0 radical (unpaired) electrons. The van der Waals surface area contributed by atoms with Crippen LogP contribution in [0, 0.1) is 0 Å². The Bertz CT molecular complexity index is 978. The van der Waals surface area contributed by atoms with E-state index in [1.165, 1.54) is 5.56 Å². The van der Waals surface area contributed by atoms with E-state index in [0.29, 0.717) is 12.2 Å². The van der Waals surface area contributed by atoms with E-state index in [1.54, 1.807) is 0 Å². The summed E-state index contributed by atoms with van der Waals surface area (Å²) in [5.41, 5.74) is 3.36. The summed E-state index contributed by atoms with van der Waals surface area (Å²) in [5, 5.41) is 2.88. The summed E-state index contributed by atoms with van der Waals surface area (Å²) in [5.74, 6) is 1.47. The molecule has 3 aromatic rings. The van der Waals surface area contributed by atoms with Crippen LogP contribution in [0.15, 0.2) is 72.8 Å². The summed E-state index contributed by atoms with van der Waals surface area (Å²) in [4.78, 5) is 12.3. The normalized spacial score (nSPS) is 14.1. The third kappa shape index (κ3) is 4.01.